The number of halogens is 2. The fourth-order valence-electron chi connectivity index (χ4n) is 2.84. The fourth-order valence-corrected chi connectivity index (χ4v) is 2.84. The zero-order valence-electron chi connectivity index (χ0n) is 12.4. The van der Waals surface area contributed by atoms with Crippen LogP contribution in [0.5, 0.6) is 0 Å². The van der Waals surface area contributed by atoms with E-state index in [2.05, 4.69) is 4.98 Å². The molecule has 1 amide bonds. The number of carbonyl (C=O) groups excluding carboxylic acids is 1. The van der Waals surface area contributed by atoms with E-state index >= 15 is 0 Å². The van der Waals surface area contributed by atoms with Crippen molar-refractivity contribution in [1.82, 2.24) is 9.88 Å². The van der Waals surface area contributed by atoms with Gasteiger partial charge in [0.25, 0.3) is 5.91 Å². The van der Waals surface area contributed by atoms with Crippen molar-refractivity contribution in [3.8, 4) is 0 Å². The molecule has 0 spiro atoms. The molecule has 0 unspecified atom stereocenters. The van der Waals surface area contributed by atoms with E-state index in [1.165, 1.54) is 4.90 Å². The quantitative estimate of drug-likeness (QED) is 0.925. The number of hydrogen-bond acceptors (Lipinski definition) is 3. The molecule has 6 heteroatoms. The summed E-state index contributed by atoms with van der Waals surface area (Å²) in [5.41, 5.74) is -0.481. The first-order valence-corrected chi connectivity index (χ1v) is 7.37. The Morgan fingerprint density at radius 3 is 2.57 bits per heavy atom. The Bertz CT molecular complexity index is 714. The van der Waals surface area contributed by atoms with Crippen LogP contribution in [0.25, 0.3) is 0 Å². The van der Waals surface area contributed by atoms with Gasteiger partial charge >= 0.3 is 0 Å². The molecule has 0 bridgehead atoms. The molecule has 1 aromatic heterocycles. The Labute approximate surface area is 132 Å². The van der Waals surface area contributed by atoms with E-state index in [1.54, 1.807) is 24.5 Å². The molecule has 23 heavy (non-hydrogen) atoms. The summed E-state index contributed by atoms with van der Waals surface area (Å²) in [5, 5.41) is 10.7. The number of hydrogen-bond donors (Lipinski definition) is 1. The van der Waals surface area contributed by atoms with Gasteiger partial charge in [-0.05, 0) is 31.0 Å². The number of aliphatic hydroxyl groups is 1. The average molecular weight is 318 g/mol. The summed E-state index contributed by atoms with van der Waals surface area (Å²) in [6.45, 7) is 0.585. The van der Waals surface area contributed by atoms with E-state index in [0.29, 0.717) is 37.6 Å². The first-order chi connectivity index (χ1) is 11.0. The van der Waals surface area contributed by atoms with Gasteiger partial charge in [-0.15, -0.1) is 0 Å². The molecule has 0 atom stereocenters. The summed E-state index contributed by atoms with van der Waals surface area (Å²) in [7, 11) is 0. The highest BCUT2D eigenvalue weighted by Crippen LogP contribution is 2.32. The number of piperidine rings is 1. The molecule has 1 N–H and O–H groups in total. The molecular formula is C17H16F2N2O2. The molecule has 1 saturated heterocycles. The fraction of sp³-hybridized carbons (Fsp3) is 0.294. The number of nitrogens with zero attached hydrogens (tertiary/aromatic N) is 2. The summed E-state index contributed by atoms with van der Waals surface area (Å²) < 4.78 is 26.7. The standard InChI is InChI=1S/C17H16F2N2O2/c18-13-3-4-14(15(19)10-13)16(22)21-8-5-17(23,6-9-21)12-2-1-7-20-11-12/h1-4,7,10-11,23H,5-6,8-9H2. The van der Waals surface area contributed by atoms with Crippen LogP contribution in [0.15, 0.2) is 42.7 Å². The second kappa shape index (κ2) is 6.04. The Kier molecular flexibility index (Phi) is 4.09. The summed E-state index contributed by atoms with van der Waals surface area (Å²) in [4.78, 5) is 17.8. The highest BCUT2D eigenvalue weighted by molar-refractivity contribution is 5.94. The van der Waals surface area contributed by atoms with E-state index in [0.717, 1.165) is 12.1 Å². The largest absolute Gasteiger partial charge is 0.385 e. The van der Waals surface area contributed by atoms with Gasteiger partial charge in [0.05, 0.1) is 11.2 Å². The first kappa shape index (κ1) is 15.6. The highest BCUT2D eigenvalue weighted by atomic mass is 19.1. The van der Waals surface area contributed by atoms with E-state index in [-0.39, 0.29) is 5.56 Å². The monoisotopic (exact) mass is 318 g/mol. The minimum Gasteiger partial charge on any atom is -0.385 e. The van der Waals surface area contributed by atoms with Gasteiger partial charge in [0, 0.05) is 37.1 Å². The molecule has 0 saturated carbocycles. The minimum absolute atomic E-state index is 0.154. The number of amides is 1. The maximum atomic E-state index is 13.7. The summed E-state index contributed by atoms with van der Waals surface area (Å²) in [6.07, 6.45) is 3.92. The highest BCUT2D eigenvalue weighted by Gasteiger charge is 2.36. The summed E-state index contributed by atoms with van der Waals surface area (Å²) in [6, 6.07) is 6.45. The second-order valence-electron chi connectivity index (χ2n) is 5.69. The molecule has 120 valence electrons. The Morgan fingerprint density at radius 2 is 1.96 bits per heavy atom. The van der Waals surface area contributed by atoms with Crippen LogP contribution in [0.3, 0.4) is 0 Å². The molecule has 2 heterocycles. The molecule has 1 fully saturated rings. The van der Waals surface area contributed by atoms with Crippen LogP contribution in [0, 0.1) is 11.6 Å². The van der Waals surface area contributed by atoms with Crippen molar-refractivity contribution < 1.29 is 18.7 Å². The number of carbonyl (C=O) groups is 1. The SMILES string of the molecule is O=C(c1ccc(F)cc1F)N1CCC(O)(c2cccnc2)CC1. The smallest absolute Gasteiger partial charge is 0.256 e. The second-order valence-corrected chi connectivity index (χ2v) is 5.69. The molecular weight excluding hydrogens is 302 g/mol. The van der Waals surface area contributed by atoms with Gasteiger partial charge in [0.2, 0.25) is 0 Å². The topological polar surface area (TPSA) is 53.4 Å². The number of rotatable bonds is 2. The third-order valence-corrected chi connectivity index (χ3v) is 4.24. The van der Waals surface area contributed by atoms with Crippen molar-refractivity contribution in [2.24, 2.45) is 0 Å². The Balaban J connectivity index is 1.72. The van der Waals surface area contributed by atoms with Crippen molar-refractivity contribution in [3.05, 3.63) is 65.5 Å². The zero-order chi connectivity index (χ0) is 16.4. The summed E-state index contributed by atoms with van der Waals surface area (Å²) in [5.74, 6) is -2.08. The van der Waals surface area contributed by atoms with E-state index < -0.39 is 23.1 Å². The lowest BCUT2D eigenvalue weighted by Crippen LogP contribution is -2.45. The average Bonchev–Trinajstić information content (AvgIpc) is 2.56. The van der Waals surface area contributed by atoms with Gasteiger partial charge in [-0.25, -0.2) is 8.78 Å². The Hall–Kier alpha value is -2.34. The number of likely N-dealkylation sites (tertiary alicyclic amines) is 1. The molecule has 1 aliphatic heterocycles. The third kappa shape index (κ3) is 3.07. The van der Waals surface area contributed by atoms with Crippen LogP contribution in [-0.2, 0) is 5.60 Å². The molecule has 0 aliphatic carbocycles. The first-order valence-electron chi connectivity index (χ1n) is 7.37. The molecule has 2 aromatic rings. The normalized spacial score (nSPS) is 17.1. The molecule has 0 radical (unpaired) electrons. The lowest BCUT2D eigenvalue weighted by atomic mass is 9.85. The van der Waals surface area contributed by atoms with Crippen LogP contribution < -0.4 is 0 Å². The van der Waals surface area contributed by atoms with Crippen LogP contribution in [0.1, 0.15) is 28.8 Å². The van der Waals surface area contributed by atoms with Crippen molar-refractivity contribution in [1.29, 1.82) is 0 Å². The molecule has 4 nitrogen and oxygen atoms in total. The van der Waals surface area contributed by atoms with Gasteiger partial charge in [-0.2, -0.15) is 0 Å². The number of aromatic nitrogens is 1. The van der Waals surface area contributed by atoms with Crippen LogP contribution >= 0.6 is 0 Å². The van der Waals surface area contributed by atoms with Crippen LogP contribution in [0.4, 0.5) is 8.78 Å². The summed E-state index contributed by atoms with van der Waals surface area (Å²) >= 11 is 0. The van der Waals surface area contributed by atoms with Gasteiger partial charge in [0.1, 0.15) is 11.6 Å². The van der Waals surface area contributed by atoms with Gasteiger partial charge in [0.15, 0.2) is 0 Å². The lowest BCUT2D eigenvalue weighted by Gasteiger charge is -2.38. The third-order valence-electron chi connectivity index (χ3n) is 4.24. The molecule has 3 rings (SSSR count). The van der Waals surface area contributed by atoms with Gasteiger partial charge in [-0.3, -0.25) is 9.78 Å². The number of benzene rings is 1. The maximum Gasteiger partial charge on any atom is 0.256 e. The van der Waals surface area contributed by atoms with Crippen molar-refractivity contribution >= 4 is 5.91 Å². The van der Waals surface area contributed by atoms with Crippen molar-refractivity contribution in [3.63, 3.8) is 0 Å². The Morgan fingerprint density at radius 1 is 1.22 bits per heavy atom. The van der Waals surface area contributed by atoms with E-state index in [9.17, 15) is 18.7 Å². The van der Waals surface area contributed by atoms with Crippen molar-refractivity contribution in [2.75, 3.05) is 13.1 Å². The lowest BCUT2D eigenvalue weighted by molar-refractivity contribution is -0.0214. The minimum atomic E-state index is -1.04. The molecule has 1 aliphatic rings. The predicted octanol–water partition coefficient (Wildman–Crippen LogP) is 2.48. The predicted molar refractivity (Wildman–Crippen MR) is 79.6 cm³/mol. The van der Waals surface area contributed by atoms with E-state index in [4.69, 9.17) is 0 Å². The van der Waals surface area contributed by atoms with Gasteiger partial charge < -0.3 is 10.0 Å². The zero-order valence-corrected chi connectivity index (χ0v) is 12.4. The van der Waals surface area contributed by atoms with Crippen molar-refractivity contribution in [2.45, 2.75) is 18.4 Å². The van der Waals surface area contributed by atoms with Crippen LogP contribution in [0.2, 0.25) is 0 Å². The number of pyridine rings is 1. The van der Waals surface area contributed by atoms with E-state index in [1.807, 2.05) is 0 Å². The van der Waals surface area contributed by atoms with Crippen LogP contribution in [-0.4, -0.2) is 34.0 Å². The van der Waals surface area contributed by atoms with Gasteiger partial charge in [-0.1, -0.05) is 6.07 Å². The molecule has 1 aromatic carbocycles. The maximum absolute atomic E-state index is 13.7.